The second kappa shape index (κ2) is 12.4. The number of carbonyl (C=O) groups is 4. The van der Waals surface area contributed by atoms with Gasteiger partial charge in [-0.3, -0.25) is 19.7 Å². The van der Waals surface area contributed by atoms with E-state index in [9.17, 15) is 19.2 Å². The lowest BCUT2D eigenvalue weighted by Crippen LogP contribution is -2.54. The number of hydrogen-bond donors (Lipinski definition) is 2. The molecule has 10 nitrogen and oxygen atoms in total. The number of amides is 5. The van der Waals surface area contributed by atoms with Crippen molar-refractivity contribution < 1.29 is 33.4 Å². The summed E-state index contributed by atoms with van der Waals surface area (Å²) in [4.78, 5) is 51.5. The number of urea groups is 1. The first-order valence-electron chi connectivity index (χ1n) is 11.4. The van der Waals surface area contributed by atoms with Gasteiger partial charge >= 0.3 is 6.03 Å². The molecule has 0 aliphatic carbocycles. The number of halogens is 3. The highest BCUT2D eigenvalue weighted by atomic mass is 79.9. The molecule has 0 saturated carbocycles. The normalized spacial score (nSPS) is 14.2. The van der Waals surface area contributed by atoms with Gasteiger partial charge in [-0.1, -0.05) is 23.2 Å². The van der Waals surface area contributed by atoms with Crippen LogP contribution in [0.4, 0.5) is 16.2 Å². The third-order valence-electron chi connectivity index (χ3n) is 5.55. The van der Waals surface area contributed by atoms with Crippen molar-refractivity contribution in [3.63, 3.8) is 0 Å². The van der Waals surface area contributed by atoms with E-state index in [1.54, 1.807) is 30.3 Å². The second-order valence-electron chi connectivity index (χ2n) is 8.16. The van der Waals surface area contributed by atoms with Crippen LogP contribution >= 0.6 is 39.1 Å². The Labute approximate surface area is 246 Å². The van der Waals surface area contributed by atoms with Gasteiger partial charge < -0.3 is 19.5 Å². The Morgan fingerprint density at radius 1 is 1.00 bits per heavy atom. The molecular formula is C27H20BrCl2N3O7. The molecule has 0 bridgehead atoms. The fraction of sp³-hybridized carbons (Fsp3) is 0.111. The van der Waals surface area contributed by atoms with Crippen molar-refractivity contribution in [2.75, 3.05) is 31.0 Å². The number of ether oxygens (including phenoxy) is 3. The lowest BCUT2D eigenvalue weighted by molar-refractivity contribution is -0.122. The Morgan fingerprint density at radius 2 is 1.73 bits per heavy atom. The van der Waals surface area contributed by atoms with Gasteiger partial charge in [0.25, 0.3) is 17.7 Å². The third-order valence-corrected chi connectivity index (χ3v) is 6.87. The summed E-state index contributed by atoms with van der Waals surface area (Å²) in [5.41, 5.74) is 0.801. The predicted molar refractivity (Wildman–Crippen MR) is 153 cm³/mol. The Balaban J connectivity index is 1.54. The van der Waals surface area contributed by atoms with Gasteiger partial charge in [-0.05, 0) is 82.2 Å². The van der Waals surface area contributed by atoms with Gasteiger partial charge in [0, 0.05) is 5.69 Å². The van der Waals surface area contributed by atoms with E-state index in [0.29, 0.717) is 26.5 Å². The van der Waals surface area contributed by atoms with Crippen molar-refractivity contribution in [1.29, 1.82) is 0 Å². The van der Waals surface area contributed by atoms with Gasteiger partial charge in [0.1, 0.15) is 11.3 Å². The van der Waals surface area contributed by atoms with Crippen LogP contribution in [0.25, 0.3) is 6.08 Å². The number of imide groups is 2. The number of benzene rings is 3. The zero-order valence-electron chi connectivity index (χ0n) is 20.9. The summed E-state index contributed by atoms with van der Waals surface area (Å²) >= 11 is 15.3. The fourth-order valence-electron chi connectivity index (χ4n) is 3.66. The minimum absolute atomic E-state index is 0.211. The van der Waals surface area contributed by atoms with E-state index in [1.807, 2.05) is 0 Å². The molecule has 3 aromatic carbocycles. The molecule has 13 heteroatoms. The first-order chi connectivity index (χ1) is 19.1. The number of anilines is 2. The van der Waals surface area contributed by atoms with Crippen LogP contribution in [0.3, 0.4) is 0 Å². The summed E-state index contributed by atoms with van der Waals surface area (Å²) in [7, 11) is 2.88. The Bertz CT molecular complexity index is 1540. The fourth-order valence-corrected chi connectivity index (χ4v) is 4.53. The monoisotopic (exact) mass is 647 g/mol. The van der Waals surface area contributed by atoms with Crippen molar-refractivity contribution in [2.24, 2.45) is 0 Å². The quantitative estimate of drug-likeness (QED) is 0.246. The van der Waals surface area contributed by atoms with Crippen molar-refractivity contribution in [1.82, 2.24) is 5.32 Å². The van der Waals surface area contributed by atoms with E-state index in [4.69, 9.17) is 37.4 Å². The molecule has 0 aromatic heterocycles. The smallest absolute Gasteiger partial charge is 0.335 e. The van der Waals surface area contributed by atoms with E-state index >= 15 is 0 Å². The van der Waals surface area contributed by atoms with Crippen molar-refractivity contribution in [2.45, 2.75) is 0 Å². The average Bonchev–Trinajstić information content (AvgIpc) is 2.92. The first kappa shape index (κ1) is 28.9. The highest BCUT2D eigenvalue weighted by molar-refractivity contribution is 9.10. The summed E-state index contributed by atoms with van der Waals surface area (Å²) in [6.45, 7) is -0.366. The van der Waals surface area contributed by atoms with E-state index in [2.05, 4.69) is 26.6 Å². The SMILES string of the molecule is COc1ccc(N2C(=O)NC(=O)/C(=C\c3cc(Br)c(OCC(=O)Nc4ccc(Cl)c(Cl)c4)c(OC)c3)C2=O)cc1. The molecule has 1 aliphatic rings. The van der Waals surface area contributed by atoms with E-state index in [0.717, 1.165) is 4.90 Å². The van der Waals surface area contributed by atoms with Crippen molar-refractivity contribution >= 4 is 80.3 Å². The van der Waals surface area contributed by atoms with Crippen LogP contribution in [0, 0.1) is 0 Å². The molecule has 5 amide bonds. The molecular weight excluding hydrogens is 629 g/mol. The summed E-state index contributed by atoms with van der Waals surface area (Å²) in [5, 5.41) is 5.46. The topological polar surface area (TPSA) is 123 Å². The molecule has 1 saturated heterocycles. The van der Waals surface area contributed by atoms with Gasteiger partial charge in [0.15, 0.2) is 18.1 Å². The highest BCUT2D eigenvalue weighted by Gasteiger charge is 2.37. The molecule has 0 spiro atoms. The number of nitrogens with one attached hydrogen (secondary N) is 2. The zero-order valence-corrected chi connectivity index (χ0v) is 24.0. The van der Waals surface area contributed by atoms with Crippen LogP contribution < -0.4 is 29.7 Å². The summed E-state index contributed by atoms with van der Waals surface area (Å²) < 4.78 is 16.6. The number of carbonyl (C=O) groups excluding carboxylic acids is 4. The Kier molecular flexibility index (Phi) is 8.98. The number of barbiturate groups is 1. The van der Waals surface area contributed by atoms with Gasteiger partial charge in [0.2, 0.25) is 0 Å². The Hall–Kier alpha value is -4.06. The van der Waals surface area contributed by atoms with E-state index < -0.39 is 23.8 Å². The van der Waals surface area contributed by atoms with Gasteiger partial charge in [0.05, 0.1) is 34.4 Å². The molecule has 4 rings (SSSR count). The van der Waals surface area contributed by atoms with Gasteiger partial charge in [-0.2, -0.15) is 0 Å². The number of methoxy groups -OCH3 is 2. The zero-order chi connectivity index (χ0) is 29.0. The van der Waals surface area contributed by atoms with E-state index in [1.165, 1.54) is 44.6 Å². The van der Waals surface area contributed by atoms with Gasteiger partial charge in [-0.25, -0.2) is 9.69 Å². The maximum absolute atomic E-state index is 13.2. The summed E-state index contributed by atoms with van der Waals surface area (Å²) in [6, 6.07) is 13.1. The van der Waals surface area contributed by atoms with Crippen LogP contribution in [0.1, 0.15) is 5.56 Å². The largest absolute Gasteiger partial charge is 0.497 e. The molecule has 0 atom stereocenters. The molecule has 3 aromatic rings. The van der Waals surface area contributed by atoms with Crippen LogP contribution in [0.15, 0.2) is 64.6 Å². The van der Waals surface area contributed by atoms with Crippen LogP contribution in [-0.2, 0) is 14.4 Å². The molecule has 0 radical (unpaired) electrons. The van der Waals surface area contributed by atoms with Crippen LogP contribution in [0.2, 0.25) is 10.0 Å². The summed E-state index contributed by atoms with van der Waals surface area (Å²) in [5.74, 6) is -1.17. The maximum Gasteiger partial charge on any atom is 0.335 e. The molecule has 1 heterocycles. The molecule has 40 heavy (non-hydrogen) atoms. The average molecular weight is 649 g/mol. The van der Waals surface area contributed by atoms with Crippen molar-refractivity contribution in [3.8, 4) is 17.2 Å². The Morgan fingerprint density at radius 3 is 2.38 bits per heavy atom. The molecule has 206 valence electrons. The lowest BCUT2D eigenvalue weighted by Gasteiger charge is -2.26. The van der Waals surface area contributed by atoms with E-state index in [-0.39, 0.29) is 34.4 Å². The maximum atomic E-state index is 13.2. The number of rotatable bonds is 8. The summed E-state index contributed by atoms with van der Waals surface area (Å²) in [6.07, 6.45) is 1.31. The minimum Gasteiger partial charge on any atom is -0.497 e. The molecule has 1 fully saturated rings. The van der Waals surface area contributed by atoms with Gasteiger partial charge in [-0.15, -0.1) is 0 Å². The molecule has 0 unspecified atom stereocenters. The van der Waals surface area contributed by atoms with Crippen LogP contribution in [0.5, 0.6) is 17.2 Å². The minimum atomic E-state index is -0.876. The predicted octanol–water partition coefficient (Wildman–Crippen LogP) is 5.46. The van der Waals surface area contributed by atoms with Crippen molar-refractivity contribution in [3.05, 3.63) is 80.3 Å². The number of nitrogens with zero attached hydrogens (tertiary/aromatic N) is 1. The molecule has 2 N–H and O–H groups in total. The first-order valence-corrected chi connectivity index (χ1v) is 13.0. The highest BCUT2D eigenvalue weighted by Crippen LogP contribution is 2.37. The molecule has 1 aliphatic heterocycles. The third kappa shape index (κ3) is 6.39. The van der Waals surface area contributed by atoms with Crippen LogP contribution in [-0.4, -0.2) is 44.6 Å². The lowest BCUT2D eigenvalue weighted by atomic mass is 10.1. The second-order valence-corrected chi connectivity index (χ2v) is 9.82. The number of hydrogen-bond acceptors (Lipinski definition) is 7. The standard InChI is InChI=1S/C27H20BrCl2N3O7/c1-38-17-6-4-16(5-7-17)33-26(36)18(25(35)32-27(33)37)9-14-10-19(28)24(22(11-14)39-2)40-13-23(34)31-15-3-8-20(29)21(30)12-15/h3-12H,13H2,1-2H3,(H,31,34)(H,32,35,37)/b18-9+.